The molecular formula is C11H12FN5O3S. The van der Waals surface area contributed by atoms with Crippen LogP contribution in [-0.4, -0.2) is 24.2 Å². The summed E-state index contributed by atoms with van der Waals surface area (Å²) >= 11 is 0. The molecule has 1 heterocycles. The molecule has 2 aromatic rings. The highest BCUT2D eigenvalue weighted by molar-refractivity contribution is 7.89. The predicted molar refractivity (Wildman–Crippen MR) is 73.6 cm³/mol. The molecule has 0 atom stereocenters. The van der Waals surface area contributed by atoms with Crippen LogP contribution in [-0.2, 0) is 17.1 Å². The summed E-state index contributed by atoms with van der Waals surface area (Å²) in [6.07, 6.45) is 1.17. The molecule has 0 fully saturated rings. The Morgan fingerprint density at radius 2 is 1.90 bits per heavy atom. The maximum absolute atomic E-state index is 12.7. The average Bonchev–Trinajstić information content (AvgIpc) is 2.73. The van der Waals surface area contributed by atoms with Gasteiger partial charge in [-0.25, -0.2) is 22.7 Å². The minimum Gasteiger partial charge on any atom is -0.308 e. The number of hydrogen-bond acceptors (Lipinski definition) is 4. The lowest BCUT2D eigenvalue weighted by Gasteiger charge is -2.06. The fourth-order valence-electron chi connectivity index (χ4n) is 1.56. The fraction of sp³-hybridized carbons (Fsp3) is 0.0909. The number of nitrogens with zero attached hydrogens (tertiary/aromatic N) is 2. The number of rotatable bonds is 3. The van der Waals surface area contributed by atoms with E-state index in [1.54, 1.807) is 0 Å². The third-order valence-corrected chi connectivity index (χ3v) is 3.35. The minimum atomic E-state index is -4.01. The number of hydrogen-bond donors (Lipinski definition) is 3. The molecule has 0 spiro atoms. The molecule has 8 nitrogen and oxygen atoms in total. The number of amides is 2. The van der Waals surface area contributed by atoms with Crippen LogP contribution >= 0.6 is 0 Å². The van der Waals surface area contributed by atoms with Crippen molar-refractivity contribution in [2.45, 2.75) is 4.90 Å². The second-order valence-corrected chi connectivity index (χ2v) is 5.68. The van der Waals surface area contributed by atoms with E-state index in [0.29, 0.717) is 5.69 Å². The van der Waals surface area contributed by atoms with Crippen molar-refractivity contribution in [3.63, 3.8) is 0 Å². The van der Waals surface area contributed by atoms with E-state index in [1.165, 1.54) is 42.2 Å². The lowest BCUT2D eigenvalue weighted by molar-refractivity contribution is 0.262. The van der Waals surface area contributed by atoms with Crippen molar-refractivity contribution in [2.24, 2.45) is 12.2 Å². The minimum absolute atomic E-state index is 0.195. The number of nitrogens with two attached hydrogens (primary N) is 1. The van der Waals surface area contributed by atoms with Gasteiger partial charge in [-0.3, -0.25) is 10.00 Å². The molecule has 0 saturated heterocycles. The van der Waals surface area contributed by atoms with Crippen molar-refractivity contribution < 1.29 is 17.6 Å². The third kappa shape index (κ3) is 3.77. The number of primary sulfonamides is 1. The van der Waals surface area contributed by atoms with E-state index in [9.17, 15) is 17.6 Å². The van der Waals surface area contributed by atoms with Gasteiger partial charge in [-0.2, -0.15) is 5.10 Å². The predicted octanol–water partition coefficient (Wildman–Crippen LogP) is 0.851. The zero-order valence-electron chi connectivity index (χ0n) is 10.9. The van der Waals surface area contributed by atoms with Gasteiger partial charge in [-0.1, -0.05) is 0 Å². The Morgan fingerprint density at radius 1 is 1.29 bits per heavy atom. The van der Waals surface area contributed by atoms with Gasteiger partial charge in [0, 0.05) is 18.9 Å². The number of urea groups is 1. The first-order valence-electron chi connectivity index (χ1n) is 5.66. The summed E-state index contributed by atoms with van der Waals surface area (Å²) in [7, 11) is -2.53. The molecule has 0 aliphatic rings. The second kappa shape index (κ2) is 5.50. The third-order valence-electron chi connectivity index (χ3n) is 2.44. The summed E-state index contributed by atoms with van der Waals surface area (Å²) in [5.74, 6) is -0.637. The van der Waals surface area contributed by atoms with Crippen LogP contribution in [0.4, 0.5) is 20.7 Å². The molecule has 0 saturated carbocycles. The van der Waals surface area contributed by atoms with Crippen molar-refractivity contribution in [2.75, 3.05) is 10.6 Å². The number of anilines is 2. The summed E-state index contributed by atoms with van der Waals surface area (Å²) in [6, 6.07) is 4.32. The molecule has 10 heteroatoms. The van der Waals surface area contributed by atoms with E-state index in [2.05, 4.69) is 15.7 Å². The number of aromatic nitrogens is 2. The molecule has 112 valence electrons. The topological polar surface area (TPSA) is 119 Å². The maximum Gasteiger partial charge on any atom is 0.324 e. The molecular weight excluding hydrogens is 301 g/mol. The number of halogens is 1. The van der Waals surface area contributed by atoms with E-state index < -0.39 is 21.9 Å². The van der Waals surface area contributed by atoms with Crippen LogP contribution in [0.15, 0.2) is 35.4 Å². The second-order valence-electron chi connectivity index (χ2n) is 4.15. The molecule has 2 rings (SSSR count). The molecule has 2 amide bonds. The SMILES string of the molecule is Cn1cc(S(N)(=O)=O)c(NC(=O)Nc2ccc(F)cc2)n1. The number of aryl methyl sites for hydroxylation is 1. The lowest BCUT2D eigenvalue weighted by Crippen LogP contribution is -2.22. The zero-order chi connectivity index (χ0) is 15.6. The van der Waals surface area contributed by atoms with Crippen LogP contribution in [0, 0.1) is 5.82 Å². The number of carbonyl (C=O) groups excluding carboxylic acids is 1. The van der Waals surface area contributed by atoms with E-state index in [4.69, 9.17) is 5.14 Å². The van der Waals surface area contributed by atoms with Gasteiger partial charge in [0.15, 0.2) is 5.82 Å². The van der Waals surface area contributed by atoms with Crippen LogP contribution in [0.3, 0.4) is 0 Å². The summed E-state index contributed by atoms with van der Waals surface area (Å²) in [5.41, 5.74) is 0.335. The Labute approximate surface area is 119 Å². The summed E-state index contributed by atoms with van der Waals surface area (Å²) in [4.78, 5) is 11.4. The Balaban J connectivity index is 2.15. The highest BCUT2D eigenvalue weighted by Crippen LogP contribution is 2.17. The maximum atomic E-state index is 12.7. The number of nitrogens with one attached hydrogen (secondary N) is 2. The van der Waals surface area contributed by atoms with E-state index in [1.807, 2.05) is 0 Å². The summed E-state index contributed by atoms with van der Waals surface area (Å²) in [6.45, 7) is 0. The van der Waals surface area contributed by atoms with Crippen molar-refractivity contribution in [3.8, 4) is 0 Å². The zero-order valence-corrected chi connectivity index (χ0v) is 11.7. The van der Waals surface area contributed by atoms with Crippen molar-refractivity contribution >= 4 is 27.6 Å². The van der Waals surface area contributed by atoms with Gasteiger partial charge >= 0.3 is 6.03 Å². The highest BCUT2D eigenvalue weighted by atomic mass is 32.2. The number of carbonyl (C=O) groups is 1. The lowest BCUT2D eigenvalue weighted by atomic mass is 10.3. The number of benzene rings is 1. The quantitative estimate of drug-likeness (QED) is 0.778. The summed E-state index contributed by atoms with van der Waals surface area (Å²) < 4.78 is 36.6. The van der Waals surface area contributed by atoms with Gasteiger partial charge in [-0.05, 0) is 24.3 Å². The first-order valence-corrected chi connectivity index (χ1v) is 7.20. The Bertz CT molecular complexity index is 770. The normalized spacial score (nSPS) is 11.2. The molecule has 1 aromatic heterocycles. The molecule has 0 aliphatic heterocycles. The van der Waals surface area contributed by atoms with Gasteiger partial charge in [0.2, 0.25) is 10.0 Å². The van der Waals surface area contributed by atoms with E-state index in [-0.39, 0.29) is 10.7 Å². The van der Waals surface area contributed by atoms with Crippen LogP contribution in [0.25, 0.3) is 0 Å². The van der Waals surface area contributed by atoms with Crippen LogP contribution in [0.5, 0.6) is 0 Å². The molecule has 0 bridgehead atoms. The summed E-state index contributed by atoms with van der Waals surface area (Å²) in [5, 5.41) is 13.5. The van der Waals surface area contributed by atoms with E-state index in [0.717, 1.165) is 0 Å². The largest absolute Gasteiger partial charge is 0.324 e. The first kappa shape index (κ1) is 14.9. The number of sulfonamides is 1. The van der Waals surface area contributed by atoms with Crippen LogP contribution in [0.2, 0.25) is 0 Å². The fourth-order valence-corrected chi connectivity index (χ4v) is 2.23. The highest BCUT2D eigenvalue weighted by Gasteiger charge is 2.19. The van der Waals surface area contributed by atoms with Gasteiger partial charge in [0.25, 0.3) is 0 Å². The van der Waals surface area contributed by atoms with Crippen molar-refractivity contribution in [1.29, 1.82) is 0 Å². The van der Waals surface area contributed by atoms with Gasteiger partial charge in [0.1, 0.15) is 10.7 Å². The van der Waals surface area contributed by atoms with E-state index >= 15 is 0 Å². The Morgan fingerprint density at radius 3 is 2.48 bits per heavy atom. The van der Waals surface area contributed by atoms with Crippen molar-refractivity contribution in [3.05, 3.63) is 36.3 Å². The standard InChI is InChI=1S/C11H12FN5O3S/c1-17-6-9(21(13,19)20)10(16-17)15-11(18)14-8-4-2-7(12)3-5-8/h2-6H,1H3,(H2,13,19,20)(H2,14,15,16,18). The van der Waals surface area contributed by atoms with Crippen molar-refractivity contribution in [1.82, 2.24) is 9.78 Å². The van der Waals surface area contributed by atoms with Gasteiger partial charge < -0.3 is 5.32 Å². The van der Waals surface area contributed by atoms with Crippen LogP contribution in [0.1, 0.15) is 0 Å². The Hall–Kier alpha value is -2.46. The molecule has 1 aromatic carbocycles. The molecule has 4 N–H and O–H groups in total. The molecule has 0 unspecified atom stereocenters. The van der Waals surface area contributed by atoms with Crippen LogP contribution < -0.4 is 15.8 Å². The first-order chi connectivity index (χ1) is 9.75. The Kier molecular flexibility index (Phi) is 3.91. The molecule has 0 aliphatic carbocycles. The molecule has 21 heavy (non-hydrogen) atoms. The van der Waals surface area contributed by atoms with Gasteiger partial charge in [-0.15, -0.1) is 0 Å². The molecule has 0 radical (unpaired) electrons. The average molecular weight is 313 g/mol. The monoisotopic (exact) mass is 313 g/mol. The smallest absolute Gasteiger partial charge is 0.308 e. The van der Waals surface area contributed by atoms with Gasteiger partial charge in [0.05, 0.1) is 0 Å².